The van der Waals surface area contributed by atoms with Crippen LogP contribution in [0.4, 0.5) is 0 Å². The summed E-state index contributed by atoms with van der Waals surface area (Å²) < 4.78 is 5.30. The summed E-state index contributed by atoms with van der Waals surface area (Å²) in [5, 5.41) is 14.7. The van der Waals surface area contributed by atoms with Gasteiger partial charge in [-0.15, -0.1) is 0 Å². The van der Waals surface area contributed by atoms with Gasteiger partial charge >= 0.3 is 0 Å². The molecule has 3 rings (SSSR count). The van der Waals surface area contributed by atoms with Gasteiger partial charge in [-0.25, -0.2) is 0 Å². The SMILES string of the molecule is CC(C)N=C1CC(C)(C)CC(=O)/C1=C(\O)CCc1noc2c1C(=O)CCC2. The molecule has 1 saturated carbocycles. The van der Waals surface area contributed by atoms with Crippen LogP contribution in [0, 0.1) is 5.41 Å². The fourth-order valence-electron chi connectivity index (χ4n) is 3.95. The smallest absolute Gasteiger partial charge is 0.168 e. The maximum atomic E-state index is 12.7. The second kappa shape index (κ2) is 7.41. The first-order chi connectivity index (χ1) is 12.7. The molecule has 6 nitrogen and oxygen atoms in total. The fourth-order valence-corrected chi connectivity index (χ4v) is 3.95. The number of rotatable bonds is 4. The van der Waals surface area contributed by atoms with Crippen molar-refractivity contribution < 1.29 is 19.2 Å². The summed E-state index contributed by atoms with van der Waals surface area (Å²) in [6, 6.07) is 0.0460. The number of fused-ring (bicyclic) bond motifs is 1. The molecule has 2 aliphatic carbocycles. The van der Waals surface area contributed by atoms with Crippen LogP contribution in [-0.4, -0.2) is 33.6 Å². The first-order valence-corrected chi connectivity index (χ1v) is 9.71. The monoisotopic (exact) mass is 372 g/mol. The van der Waals surface area contributed by atoms with E-state index in [4.69, 9.17) is 4.52 Å². The number of aliphatic hydroxyl groups excluding tert-OH is 1. The van der Waals surface area contributed by atoms with E-state index < -0.39 is 0 Å². The number of ketones is 2. The molecular formula is C21H28N2O4. The fraction of sp³-hybridized carbons (Fsp3) is 0.619. The van der Waals surface area contributed by atoms with Gasteiger partial charge in [0.2, 0.25) is 0 Å². The van der Waals surface area contributed by atoms with Crippen LogP contribution < -0.4 is 0 Å². The summed E-state index contributed by atoms with van der Waals surface area (Å²) in [5.74, 6) is 0.666. The minimum atomic E-state index is -0.161. The lowest BCUT2D eigenvalue weighted by Gasteiger charge is -2.31. The minimum absolute atomic E-state index is 0.0370. The van der Waals surface area contributed by atoms with Gasteiger partial charge < -0.3 is 9.63 Å². The van der Waals surface area contributed by atoms with Crippen molar-refractivity contribution in [2.45, 2.75) is 78.7 Å². The van der Waals surface area contributed by atoms with E-state index in [2.05, 4.69) is 10.1 Å². The highest BCUT2D eigenvalue weighted by molar-refractivity contribution is 6.24. The van der Waals surface area contributed by atoms with E-state index in [1.165, 1.54) is 0 Å². The Hall–Kier alpha value is -2.24. The van der Waals surface area contributed by atoms with E-state index in [9.17, 15) is 14.7 Å². The highest BCUT2D eigenvalue weighted by Gasteiger charge is 2.36. The first kappa shape index (κ1) is 19.5. The Bertz CT molecular complexity index is 827. The number of carbonyl (C=O) groups is 2. The second-order valence-corrected chi connectivity index (χ2v) is 8.64. The molecule has 0 atom stereocenters. The third kappa shape index (κ3) is 4.20. The van der Waals surface area contributed by atoms with Crippen LogP contribution in [-0.2, 0) is 17.6 Å². The van der Waals surface area contributed by atoms with Crippen molar-refractivity contribution in [3.63, 3.8) is 0 Å². The molecule has 0 aliphatic heterocycles. The van der Waals surface area contributed by atoms with Gasteiger partial charge in [-0.1, -0.05) is 19.0 Å². The molecule has 6 heteroatoms. The van der Waals surface area contributed by atoms with E-state index >= 15 is 0 Å². The Morgan fingerprint density at radius 3 is 2.67 bits per heavy atom. The number of allylic oxidation sites excluding steroid dienone is 2. The molecule has 0 radical (unpaired) electrons. The van der Waals surface area contributed by atoms with Crippen molar-refractivity contribution in [3.8, 4) is 0 Å². The van der Waals surface area contributed by atoms with E-state index in [-0.39, 0.29) is 35.2 Å². The maximum absolute atomic E-state index is 12.7. The van der Waals surface area contributed by atoms with Crippen LogP contribution in [0.5, 0.6) is 0 Å². The van der Waals surface area contributed by atoms with Crippen LogP contribution >= 0.6 is 0 Å². The molecule has 0 amide bonds. The number of aromatic nitrogens is 1. The van der Waals surface area contributed by atoms with E-state index in [0.29, 0.717) is 54.0 Å². The lowest BCUT2D eigenvalue weighted by molar-refractivity contribution is -0.117. The molecule has 0 aromatic carbocycles. The number of aliphatic hydroxyl groups is 1. The third-order valence-corrected chi connectivity index (χ3v) is 5.07. The zero-order valence-corrected chi connectivity index (χ0v) is 16.6. The highest BCUT2D eigenvalue weighted by Crippen LogP contribution is 2.36. The maximum Gasteiger partial charge on any atom is 0.168 e. The molecule has 146 valence electrons. The summed E-state index contributed by atoms with van der Waals surface area (Å²) in [6.45, 7) is 8.01. The predicted octanol–water partition coefficient (Wildman–Crippen LogP) is 4.18. The molecule has 1 heterocycles. The summed E-state index contributed by atoms with van der Waals surface area (Å²) in [5.41, 5.74) is 2.03. The van der Waals surface area contributed by atoms with Crippen LogP contribution in [0.15, 0.2) is 20.8 Å². The average Bonchev–Trinajstić information content (AvgIpc) is 2.95. The number of carbonyl (C=O) groups excluding carboxylic acids is 2. The summed E-state index contributed by atoms with van der Waals surface area (Å²) in [6.07, 6.45) is 3.67. The molecule has 1 fully saturated rings. The van der Waals surface area contributed by atoms with Crippen molar-refractivity contribution >= 4 is 17.3 Å². The van der Waals surface area contributed by atoms with E-state index in [0.717, 1.165) is 12.8 Å². The Kier molecular flexibility index (Phi) is 5.36. The van der Waals surface area contributed by atoms with Gasteiger partial charge in [-0.2, -0.15) is 0 Å². The van der Waals surface area contributed by atoms with Crippen molar-refractivity contribution in [2.24, 2.45) is 10.4 Å². The van der Waals surface area contributed by atoms with Gasteiger partial charge in [0.05, 0.1) is 16.8 Å². The Morgan fingerprint density at radius 2 is 1.96 bits per heavy atom. The standard InChI is InChI=1S/C21H28N2O4/c1-12(2)22-14-10-21(3,4)11-17(26)19(14)16(25)9-8-13-20-15(24)6-5-7-18(20)27-23-13/h12,25H,5-11H2,1-4H3/b19-16-,22-14?. The highest BCUT2D eigenvalue weighted by atomic mass is 16.5. The summed E-state index contributed by atoms with van der Waals surface area (Å²) >= 11 is 0. The normalized spacial score (nSPS) is 23.1. The zero-order valence-electron chi connectivity index (χ0n) is 16.6. The Morgan fingerprint density at radius 1 is 1.22 bits per heavy atom. The minimum Gasteiger partial charge on any atom is -0.511 e. The first-order valence-electron chi connectivity index (χ1n) is 9.71. The second-order valence-electron chi connectivity index (χ2n) is 8.64. The average molecular weight is 372 g/mol. The Balaban J connectivity index is 1.85. The van der Waals surface area contributed by atoms with E-state index in [1.54, 1.807) is 0 Å². The molecule has 1 aromatic rings. The van der Waals surface area contributed by atoms with Gasteiger partial charge in [0.1, 0.15) is 11.5 Å². The number of Topliss-reactive ketones (excluding diaryl/α,β-unsaturated/α-hetero) is 2. The molecule has 1 aromatic heterocycles. The van der Waals surface area contributed by atoms with Gasteiger partial charge in [-0.3, -0.25) is 14.6 Å². The molecular weight excluding hydrogens is 344 g/mol. The number of nitrogens with zero attached hydrogens (tertiary/aromatic N) is 2. The van der Waals surface area contributed by atoms with Crippen molar-refractivity contribution in [1.82, 2.24) is 5.16 Å². The molecule has 27 heavy (non-hydrogen) atoms. The number of hydrogen-bond donors (Lipinski definition) is 1. The summed E-state index contributed by atoms with van der Waals surface area (Å²) in [4.78, 5) is 29.5. The molecule has 0 bridgehead atoms. The molecule has 1 N–H and O–H groups in total. The predicted molar refractivity (Wildman–Crippen MR) is 102 cm³/mol. The lowest BCUT2D eigenvalue weighted by Crippen LogP contribution is -2.33. The van der Waals surface area contributed by atoms with Gasteiger partial charge in [-0.05, 0) is 32.1 Å². The third-order valence-electron chi connectivity index (χ3n) is 5.07. The molecule has 0 spiro atoms. The topological polar surface area (TPSA) is 92.8 Å². The van der Waals surface area contributed by atoms with Crippen LogP contribution in [0.3, 0.4) is 0 Å². The molecule has 0 saturated heterocycles. The largest absolute Gasteiger partial charge is 0.511 e. The lowest BCUT2D eigenvalue weighted by atomic mass is 9.73. The molecule has 0 unspecified atom stereocenters. The quantitative estimate of drug-likeness (QED) is 0.632. The van der Waals surface area contributed by atoms with Crippen LogP contribution in [0.1, 0.15) is 81.6 Å². The number of aryl methyl sites for hydroxylation is 2. The summed E-state index contributed by atoms with van der Waals surface area (Å²) in [7, 11) is 0. The van der Waals surface area contributed by atoms with Gasteiger partial charge in [0, 0.05) is 43.9 Å². The van der Waals surface area contributed by atoms with Crippen LogP contribution in [0.25, 0.3) is 0 Å². The van der Waals surface area contributed by atoms with Crippen molar-refractivity contribution in [3.05, 3.63) is 28.3 Å². The van der Waals surface area contributed by atoms with Gasteiger partial charge in [0.15, 0.2) is 11.6 Å². The zero-order chi connectivity index (χ0) is 19.8. The van der Waals surface area contributed by atoms with Crippen molar-refractivity contribution in [2.75, 3.05) is 0 Å². The van der Waals surface area contributed by atoms with E-state index in [1.807, 2.05) is 27.7 Å². The number of aliphatic imine (C=N–C) groups is 1. The van der Waals surface area contributed by atoms with Gasteiger partial charge in [0.25, 0.3) is 0 Å². The Labute approximate surface area is 159 Å². The number of hydrogen-bond acceptors (Lipinski definition) is 6. The molecule has 2 aliphatic rings. The van der Waals surface area contributed by atoms with Crippen molar-refractivity contribution in [1.29, 1.82) is 0 Å². The van der Waals surface area contributed by atoms with Crippen LogP contribution in [0.2, 0.25) is 0 Å².